The lowest BCUT2D eigenvalue weighted by molar-refractivity contribution is -0.124. The third-order valence-electron chi connectivity index (χ3n) is 2.51. The Labute approximate surface area is 120 Å². The number of carbonyl (C=O) groups is 2. The maximum Gasteiger partial charge on any atom is 0.338 e. The lowest BCUT2D eigenvalue weighted by atomic mass is 10.2. The number of esters is 1. The molecule has 0 aliphatic heterocycles. The van der Waals surface area contributed by atoms with Gasteiger partial charge in [-0.3, -0.25) is 4.79 Å². The predicted molar refractivity (Wildman–Crippen MR) is 76.7 cm³/mol. The zero-order chi connectivity index (χ0) is 14.4. The number of nitrogens with two attached hydrogens (primary N) is 1. The fourth-order valence-corrected chi connectivity index (χ4v) is 1.87. The smallest absolute Gasteiger partial charge is 0.338 e. The number of amides is 1. The minimum atomic E-state index is -0.577. The van der Waals surface area contributed by atoms with E-state index in [9.17, 15) is 9.59 Å². The van der Waals surface area contributed by atoms with Gasteiger partial charge in [-0.2, -0.15) is 0 Å². The number of rotatable bonds is 5. The minimum absolute atomic E-state index is 0.0627. The molecule has 3 N–H and O–H groups in total. The molecule has 0 bridgehead atoms. The molecule has 0 fully saturated rings. The van der Waals surface area contributed by atoms with Crippen molar-refractivity contribution < 1.29 is 14.3 Å². The highest BCUT2D eigenvalue weighted by molar-refractivity contribution is 9.10. The van der Waals surface area contributed by atoms with Crippen molar-refractivity contribution >= 4 is 33.5 Å². The summed E-state index contributed by atoms with van der Waals surface area (Å²) in [5.74, 6) is -0.891. The van der Waals surface area contributed by atoms with Crippen molar-refractivity contribution in [3.05, 3.63) is 28.2 Å². The van der Waals surface area contributed by atoms with E-state index in [0.29, 0.717) is 15.7 Å². The van der Waals surface area contributed by atoms with Crippen molar-refractivity contribution in [3.63, 3.8) is 0 Å². The van der Waals surface area contributed by atoms with E-state index < -0.39 is 5.97 Å². The highest BCUT2D eigenvalue weighted by Gasteiger charge is 2.12. The Morgan fingerprint density at radius 3 is 2.68 bits per heavy atom. The van der Waals surface area contributed by atoms with E-state index >= 15 is 0 Å². The number of ether oxygens (including phenoxy) is 1. The molecule has 0 spiro atoms. The molecule has 0 aliphatic rings. The molecule has 1 amide bonds. The lowest BCUT2D eigenvalue weighted by Gasteiger charge is -2.11. The molecule has 6 heteroatoms. The Morgan fingerprint density at radius 2 is 2.11 bits per heavy atom. The second-order valence-corrected chi connectivity index (χ2v) is 5.14. The highest BCUT2D eigenvalue weighted by Crippen LogP contribution is 2.17. The van der Waals surface area contributed by atoms with Crippen molar-refractivity contribution in [1.82, 2.24) is 5.32 Å². The van der Waals surface area contributed by atoms with Gasteiger partial charge in [0.15, 0.2) is 6.61 Å². The number of hydrogen-bond donors (Lipinski definition) is 2. The number of anilines is 1. The molecule has 1 unspecified atom stereocenters. The normalized spacial score (nSPS) is 11.7. The van der Waals surface area contributed by atoms with Crippen LogP contribution in [0.4, 0.5) is 5.69 Å². The van der Waals surface area contributed by atoms with Crippen molar-refractivity contribution in [2.24, 2.45) is 0 Å². The van der Waals surface area contributed by atoms with Crippen molar-refractivity contribution in [1.29, 1.82) is 0 Å². The van der Waals surface area contributed by atoms with Gasteiger partial charge in [-0.05, 0) is 31.5 Å². The van der Waals surface area contributed by atoms with Crippen LogP contribution < -0.4 is 11.1 Å². The van der Waals surface area contributed by atoms with Crippen molar-refractivity contribution in [2.45, 2.75) is 26.3 Å². The van der Waals surface area contributed by atoms with Gasteiger partial charge in [0.05, 0.1) is 5.56 Å². The number of benzene rings is 1. The number of carbonyl (C=O) groups excluding carboxylic acids is 2. The van der Waals surface area contributed by atoms with E-state index in [4.69, 9.17) is 10.5 Å². The van der Waals surface area contributed by atoms with Gasteiger partial charge >= 0.3 is 5.97 Å². The second-order valence-electron chi connectivity index (χ2n) is 4.23. The molecular formula is C13H17BrN2O3. The summed E-state index contributed by atoms with van der Waals surface area (Å²) in [6, 6.07) is 4.82. The van der Waals surface area contributed by atoms with Crippen LogP contribution in [0.1, 0.15) is 30.6 Å². The van der Waals surface area contributed by atoms with Crippen molar-refractivity contribution in [2.75, 3.05) is 12.3 Å². The molecule has 19 heavy (non-hydrogen) atoms. The minimum Gasteiger partial charge on any atom is -0.452 e. The van der Waals surface area contributed by atoms with E-state index in [1.807, 2.05) is 13.8 Å². The Morgan fingerprint density at radius 1 is 1.42 bits per heavy atom. The van der Waals surface area contributed by atoms with Crippen LogP contribution in [0.3, 0.4) is 0 Å². The van der Waals surface area contributed by atoms with Gasteiger partial charge in [0, 0.05) is 16.2 Å². The van der Waals surface area contributed by atoms with Crippen LogP contribution in [0.25, 0.3) is 0 Å². The predicted octanol–water partition coefficient (Wildman–Crippen LogP) is 2.10. The van der Waals surface area contributed by atoms with Crippen LogP contribution >= 0.6 is 15.9 Å². The molecule has 1 aromatic rings. The number of hydrogen-bond acceptors (Lipinski definition) is 4. The molecule has 1 rings (SSSR count). The summed E-state index contributed by atoms with van der Waals surface area (Å²) >= 11 is 3.24. The first-order chi connectivity index (χ1) is 8.92. The molecule has 0 heterocycles. The van der Waals surface area contributed by atoms with Gasteiger partial charge < -0.3 is 15.8 Å². The molecule has 104 valence electrons. The first-order valence-electron chi connectivity index (χ1n) is 5.95. The largest absolute Gasteiger partial charge is 0.452 e. The molecule has 0 saturated heterocycles. The van der Waals surface area contributed by atoms with Crippen LogP contribution in [0.15, 0.2) is 22.7 Å². The van der Waals surface area contributed by atoms with Gasteiger partial charge in [-0.1, -0.05) is 22.9 Å². The quantitative estimate of drug-likeness (QED) is 0.640. The van der Waals surface area contributed by atoms with E-state index in [0.717, 1.165) is 6.42 Å². The topological polar surface area (TPSA) is 81.4 Å². The Kier molecular flexibility index (Phi) is 5.82. The molecule has 5 nitrogen and oxygen atoms in total. The standard InChI is InChI=1S/C13H17BrN2O3/c1-3-8(2)16-12(17)7-19-13(18)9-4-10(14)6-11(15)5-9/h4-6,8H,3,7,15H2,1-2H3,(H,16,17). The Bertz CT molecular complexity index is 457. The molecule has 0 saturated carbocycles. The number of nitrogens with one attached hydrogen (secondary N) is 1. The second kappa shape index (κ2) is 7.13. The first-order valence-corrected chi connectivity index (χ1v) is 6.74. The van der Waals surface area contributed by atoms with Crippen LogP contribution in [0.2, 0.25) is 0 Å². The Hall–Kier alpha value is -1.56. The molecule has 0 aliphatic carbocycles. The van der Waals surface area contributed by atoms with E-state index in [1.165, 1.54) is 6.07 Å². The molecule has 0 radical (unpaired) electrons. The number of nitrogen functional groups attached to an aromatic ring is 1. The summed E-state index contributed by atoms with van der Waals surface area (Å²) in [6.07, 6.45) is 0.821. The third-order valence-corrected chi connectivity index (χ3v) is 2.97. The Balaban J connectivity index is 2.53. The SMILES string of the molecule is CCC(C)NC(=O)COC(=O)c1cc(N)cc(Br)c1. The fourth-order valence-electron chi connectivity index (χ4n) is 1.36. The van der Waals surface area contributed by atoms with Gasteiger partial charge in [-0.15, -0.1) is 0 Å². The van der Waals surface area contributed by atoms with Crippen LogP contribution in [-0.2, 0) is 9.53 Å². The van der Waals surface area contributed by atoms with Gasteiger partial charge in [-0.25, -0.2) is 4.79 Å². The maximum absolute atomic E-state index is 11.7. The van der Waals surface area contributed by atoms with Crippen LogP contribution in [0, 0.1) is 0 Å². The maximum atomic E-state index is 11.7. The zero-order valence-corrected chi connectivity index (χ0v) is 12.5. The van der Waals surface area contributed by atoms with Gasteiger partial charge in [0.2, 0.25) is 0 Å². The lowest BCUT2D eigenvalue weighted by Crippen LogP contribution is -2.35. The van der Waals surface area contributed by atoms with E-state index in [-0.39, 0.29) is 18.6 Å². The summed E-state index contributed by atoms with van der Waals surface area (Å²) < 4.78 is 5.60. The van der Waals surface area contributed by atoms with Crippen LogP contribution in [0.5, 0.6) is 0 Å². The average molecular weight is 329 g/mol. The summed E-state index contributed by atoms with van der Waals surface area (Å²) in [5.41, 5.74) is 6.38. The molecular weight excluding hydrogens is 312 g/mol. The monoisotopic (exact) mass is 328 g/mol. The molecule has 1 atom stereocenters. The number of halogens is 1. The van der Waals surface area contributed by atoms with E-state index in [1.54, 1.807) is 12.1 Å². The molecule has 1 aromatic carbocycles. The van der Waals surface area contributed by atoms with Crippen LogP contribution in [-0.4, -0.2) is 24.5 Å². The van der Waals surface area contributed by atoms with Gasteiger partial charge in [0.25, 0.3) is 5.91 Å². The fraction of sp³-hybridized carbons (Fsp3) is 0.385. The average Bonchev–Trinajstić information content (AvgIpc) is 2.34. The highest BCUT2D eigenvalue weighted by atomic mass is 79.9. The summed E-state index contributed by atoms with van der Waals surface area (Å²) in [5, 5.41) is 2.71. The van der Waals surface area contributed by atoms with Gasteiger partial charge in [0.1, 0.15) is 0 Å². The first kappa shape index (κ1) is 15.5. The third kappa shape index (κ3) is 5.30. The summed E-state index contributed by atoms with van der Waals surface area (Å²) in [6.45, 7) is 3.55. The molecule has 0 aromatic heterocycles. The van der Waals surface area contributed by atoms with Crippen molar-refractivity contribution in [3.8, 4) is 0 Å². The van der Waals surface area contributed by atoms with E-state index in [2.05, 4.69) is 21.2 Å². The summed E-state index contributed by atoms with van der Waals surface area (Å²) in [7, 11) is 0. The summed E-state index contributed by atoms with van der Waals surface area (Å²) in [4.78, 5) is 23.2. The zero-order valence-electron chi connectivity index (χ0n) is 10.9.